The minimum absolute atomic E-state index is 0. The van der Waals surface area contributed by atoms with Crippen LogP contribution in [0.5, 0.6) is 17.2 Å². The van der Waals surface area contributed by atoms with E-state index in [1.165, 1.54) is 0 Å². The molecule has 0 amide bonds. The van der Waals surface area contributed by atoms with Crippen molar-refractivity contribution in [3.63, 3.8) is 0 Å². The highest BCUT2D eigenvalue weighted by atomic mass is 35.5. The molecule has 0 saturated carbocycles. The molecule has 0 aliphatic carbocycles. The first-order chi connectivity index (χ1) is 15.2. The van der Waals surface area contributed by atoms with E-state index in [9.17, 15) is 0 Å². The Balaban J connectivity index is 0.00000289. The number of methoxy groups -OCH3 is 3. The molecule has 1 saturated heterocycles. The van der Waals surface area contributed by atoms with E-state index in [4.69, 9.17) is 23.9 Å². The van der Waals surface area contributed by atoms with Crippen molar-refractivity contribution in [1.29, 1.82) is 0 Å². The van der Waals surface area contributed by atoms with Crippen LogP contribution in [0.25, 0.3) is 11.0 Å². The fourth-order valence-corrected chi connectivity index (χ4v) is 3.92. The average Bonchev–Trinajstić information content (AvgIpc) is 3.18. The van der Waals surface area contributed by atoms with Crippen LogP contribution in [0.15, 0.2) is 36.4 Å². The van der Waals surface area contributed by atoms with Crippen molar-refractivity contribution in [2.45, 2.75) is 13.1 Å². The van der Waals surface area contributed by atoms with E-state index in [2.05, 4.69) is 26.9 Å². The molecular weight excluding hydrogens is 432 g/mol. The lowest BCUT2D eigenvalue weighted by atomic mass is 10.2. The van der Waals surface area contributed by atoms with Crippen molar-refractivity contribution < 1.29 is 18.9 Å². The summed E-state index contributed by atoms with van der Waals surface area (Å²) in [7, 11) is 4.86. The van der Waals surface area contributed by atoms with Gasteiger partial charge in [0.25, 0.3) is 0 Å². The zero-order chi connectivity index (χ0) is 21.6. The number of anilines is 1. The molecule has 0 unspecified atom stereocenters. The Morgan fingerprint density at radius 1 is 0.969 bits per heavy atom. The van der Waals surface area contributed by atoms with E-state index in [0.29, 0.717) is 23.8 Å². The van der Waals surface area contributed by atoms with Gasteiger partial charge in [-0.05, 0) is 29.8 Å². The largest absolute Gasteiger partial charge is 0.493 e. The minimum Gasteiger partial charge on any atom is -0.493 e. The lowest BCUT2D eigenvalue weighted by Crippen LogP contribution is -2.38. The Hall–Kier alpha value is -2.68. The van der Waals surface area contributed by atoms with Gasteiger partial charge in [-0.3, -0.25) is 4.90 Å². The van der Waals surface area contributed by atoms with Gasteiger partial charge in [-0.2, -0.15) is 0 Å². The number of hydrogen-bond acceptors (Lipinski definition) is 7. The Morgan fingerprint density at radius 3 is 2.31 bits per heavy atom. The number of nitrogens with one attached hydrogen (secondary N) is 1. The summed E-state index contributed by atoms with van der Waals surface area (Å²) in [6.07, 6.45) is 0. The van der Waals surface area contributed by atoms with Crippen molar-refractivity contribution in [1.82, 2.24) is 14.5 Å². The number of hydrogen-bond donors (Lipinski definition) is 1. The highest BCUT2D eigenvalue weighted by molar-refractivity contribution is 5.85. The SMILES string of the molecule is COc1cc(CNc2nc3ccccc3n2CCN2CCOCC2)cc(OC)c1OC.Cl. The number of aromatic nitrogens is 2. The fraction of sp³-hybridized carbons (Fsp3) is 0.435. The number of ether oxygens (including phenoxy) is 4. The van der Waals surface area contributed by atoms with Crippen LogP contribution < -0.4 is 19.5 Å². The summed E-state index contributed by atoms with van der Waals surface area (Å²) in [6, 6.07) is 12.1. The van der Waals surface area contributed by atoms with Crippen molar-refractivity contribution >= 4 is 29.4 Å². The molecule has 3 aromatic rings. The lowest BCUT2D eigenvalue weighted by molar-refractivity contribution is 0.0366. The van der Waals surface area contributed by atoms with Gasteiger partial charge in [-0.25, -0.2) is 4.98 Å². The maximum absolute atomic E-state index is 5.48. The van der Waals surface area contributed by atoms with Crippen molar-refractivity contribution in [2.75, 3.05) is 59.5 Å². The van der Waals surface area contributed by atoms with Crippen LogP contribution in [-0.4, -0.2) is 68.6 Å². The van der Waals surface area contributed by atoms with Crippen LogP contribution in [0, 0.1) is 0 Å². The predicted octanol–water partition coefficient (Wildman–Crippen LogP) is 3.43. The summed E-state index contributed by atoms with van der Waals surface area (Å²) < 4.78 is 24.1. The Morgan fingerprint density at radius 2 is 1.66 bits per heavy atom. The number of nitrogens with zero attached hydrogens (tertiary/aromatic N) is 3. The molecule has 0 spiro atoms. The number of halogens is 1. The molecule has 1 fully saturated rings. The second kappa shape index (κ2) is 11.3. The van der Waals surface area contributed by atoms with Crippen LogP contribution in [0.3, 0.4) is 0 Å². The van der Waals surface area contributed by atoms with Crippen molar-refractivity contribution in [3.05, 3.63) is 42.0 Å². The van der Waals surface area contributed by atoms with Gasteiger partial charge in [0.05, 0.1) is 45.6 Å². The molecule has 8 nitrogen and oxygen atoms in total. The van der Waals surface area contributed by atoms with E-state index in [0.717, 1.165) is 61.9 Å². The monoisotopic (exact) mass is 462 g/mol. The first-order valence-corrected chi connectivity index (χ1v) is 10.5. The highest BCUT2D eigenvalue weighted by Crippen LogP contribution is 2.38. The third kappa shape index (κ3) is 5.20. The van der Waals surface area contributed by atoms with Gasteiger partial charge >= 0.3 is 0 Å². The highest BCUT2D eigenvalue weighted by Gasteiger charge is 2.16. The number of imidazole rings is 1. The standard InChI is InChI=1S/C23H30N4O4.ClH/c1-28-20-14-17(15-21(29-2)22(20)30-3)16-24-23-25-18-6-4-5-7-19(18)27(23)9-8-26-10-12-31-13-11-26;/h4-7,14-15H,8-13,16H2,1-3H3,(H,24,25);1H. The normalized spacial score (nSPS) is 14.1. The number of rotatable bonds is 9. The second-order valence-corrected chi connectivity index (χ2v) is 7.42. The van der Waals surface area contributed by atoms with Crippen LogP contribution in [0.4, 0.5) is 5.95 Å². The van der Waals surface area contributed by atoms with Crippen LogP contribution in [0.1, 0.15) is 5.56 Å². The van der Waals surface area contributed by atoms with Gasteiger partial charge in [0.15, 0.2) is 11.5 Å². The first-order valence-electron chi connectivity index (χ1n) is 10.5. The molecule has 174 valence electrons. The number of fused-ring (bicyclic) bond motifs is 1. The van der Waals surface area contributed by atoms with E-state index in [1.807, 2.05) is 24.3 Å². The van der Waals surface area contributed by atoms with Gasteiger partial charge in [-0.1, -0.05) is 12.1 Å². The lowest BCUT2D eigenvalue weighted by Gasteiger charge is -2.27. The van der Waals surface area contributed by atoms with Crippen LogP contribution in [-0.2, 0) is 17.8 Å². The third-order valence-corrected chi connectivity index (χ3v) is 5.57. The average molecular weight is 463 g/mol. The Kier molecular flexibility index (Phi) is 8.44. The molecule has 1 aliphatic rings. The molecule has 1 aromatic heterocycles. The number of para-hydroxylation sites is 2. The van der Waals surface area contributed by atoms with Gasteiger partial charge < -0.3 is 28.8 Å². The molecule has 0 atom stereocenters. The molecule has 1 N–H and O–H groups in total. The molecule has 1 aliphatic heterocycles. The number of morpholine rings is 1. The third-order valence-electron chi connectivity index (χ3n) is 5.57. The summed E-state index contributed by atoms with van der Waals surface area (Å²) >= 11 is 0. The molecule has 4 rings (SSSR count). The van der Waals surface area contributed by atoms with Gasteiger partial charge in [0.2, 0.25) is 11.7 Å². The Labute approximate surface area is 194 Å². The smallest absolute Gasteiger partial charge is 0.204 e. The molecule has 2 heterocycles. The maximum atomic E-state index is 5.48. The molecule has 0 radical (unpaired) electrons. The second-order valence-electron chi connectivity index (χ2n) is 7.42. The van der Waals surface area contributed by atoms with Crippen LogP contribution in [0.2, 0.25) is 0 Å². The zero-order valence-corrected chi connectivity index (χ0v) is 19.6. The van der Waals surface area contributed by atoms with Crippen molar-refractivity contribution in [2.24, 2.45) is 0 Å². The molecule has 2 aromatic carbocycles. The van der Waals surface area contributed by atoms with Crippen molar-refractivity contribution in [3.8, 4) is 17.2 Å². The molecule has 0 bridgehead atoms. The zero-order valence-electron chi connectivity index (χ0n) is 18.8. The molecule has 9 heteroatoms. The number of benzene rings is 2. The summed E-state index contributed by atoms with van der Waals surface area (Å²) in [5.74, 6) is 2.72. The summed E-state index contributed by atoms with van der Waals surface area (Å²) in [6.45, 7) is 5.95. The van der Waals surface area contributed by atoms with E-state index in [-0.39, 0.29) is 12.4 Å². The predicted molar refractivity (Wildman–Crippen MR) is 128 cm³/mol. The quantitative estimate of drug-likeness (QED) is 0.522. The summed E-state index contributed by atoms with van der Waals surface area (Å²) in [5.41, 5.74) is 3.13. The molecular formula is C23H31ClN4O4. The maximum Gasteiger partial charge on any atom is 0.204 e. The van der Waals surface area contributed by atoms with E-state index in [1.54, 1.807) is 21.3 Å². The topological polar surface area (TPSA) is 70.0 Å². The Bertz CT molecular complexity index is 995. The van der Waals surface area contributed by atoms with Crippen LogP contribution >= 0.6 is 12.4 Å². The minimum atomic E-state index is 0. The summed E-state index contributed by atoms with van der Waals surface area (Å²) in [4.78, 5) is 7.26. The van der Waals surface area contributed by atoms with Gasteiger partial charge in [0.1, 0.15) is 0 Å². The van der Waals surface area contributed by atoms with E-state index < -0.39 is 0 Å². The first kappa shape index (κ1) is 24.0. The fourth-order valence-electron chi connectivity index (χ4n) is 3.92. The molecule has 32 heavy (non-hydrogen) atoms. The van der Waals surface area contributed by atoms with E-state index >= 15 is 0 Å². The van der Waals surface area contributed by atoms with Gasteiger partial charge in [0, 0.05) is 32.7 Å². The van der Waals surface area contributed by atoms with Gasteiger partial charge in [-0.15, -0.1) is 12.4 Å². The summed E-state index contributed by atoms with van der Waals surface area (Å²) in [5, 5.41) is 3.50.